The minimum Gasteiger partial charge on any atom is -0.351 e. The molecule has 8 heteroatoms. The van der Waals surface area contributed by atoms with Gasteiger partial charge in [0.25, 0.3) is 5.91 Å². The van der Waals surface area contributed by atoms with Gasteiger partial charge in [-0.05, 0) is 47.9 Å². The number of hydrogen-bond acceptors (Lipinski definition) is 5. The van der Waals surface area contributed by atoms with Crippen LogP contribution in [0.25, 0.3) is 5.82 Å². The van der Waals surface area contributed by atoms with Crippen molar-refractivity contribution in [3.8, 4) is 5.82 Å². The molecule has 0 saturated carbocycles. The standard InChI is InChI=1S/C14H17BrN6O/c15-12-7-11(8-17-13(12)21-9-18-19-10-21)14(22)16-3-6-20-4-1-2-5-20/h7-10H,1-6H2,(H,16,22). The quantitative estimate of drug-likeness (QED) is 0.863. The Morgan fingerprint density at radius 1 is 1.27 bits per heavy atom. The normalized spacial score (nSPS) is 15.1. The van der Waals surface area contributed by atoms with Crippen molar-refractivity contribution in [1.29, 1.82) is 0 Å². The Balaban J connectivity index is 1.59. The highest BCUT2D eigenvalue weighted by molar-refractivity contribution is 9.10. The fraction of sp³-hybridized carbons (Fsp3) is 0.429. The van der Waals surface area contributed by atoms with Gasteiger partial charge in [0.1, 0.15) is 12.7 Å². The summed E-state index contributed by atoms with van der Waals surface area (Å²) in [6, 6.07) is 1.76. The van der Waals surface area contributed by atoms with E-state index in [2.05, 4.69) is 41.3 Å². The fourth-order valence-corrected chi connectivity index (χ4v) is 3.04. The minimum atomic E-state index is -0.109. The third-order valence-corrected chi connectivity index (χ3v) is 4.24. The smallest absolute Gasteiger partial charge is 0.252 e. The second-order valence-electron chi connectivity index (χ2n) is 5.20. The summed E-state index contributed by atoms with van der Waals surface area (Å²) >= 11 is 3.43. The molecule has 116 valence electrons. The Hall–Kier alpha value is -1.80. The summed E-state index contributed by atoms with van der Waals surface area (Å²) in [6.45, 7) is 3.83. The van der Waals surface area contributed by atoms with Gasteiger partial charge in [0, 0.05) is 19.3 Å². The zero-order valence-corrected chi connectivity index (χ0v) is 13.7. The Kier molecular flexibility index (Phi) is 4.79. The maximum atomic E-state index is 12.1. The van der Waals surface area contributed by atoms with Crippen LogP contribution in [0.3, 0.4) is 0 Å². The average Bonchev–Trinajstić information content (AvgIpc) is 3.20. The van der Waals surface area contributed by atoms with Gasteiger partial charge in [0.05, 0.1) is 10.0 Å². The Labute approximate surface area is 136 Å². The summed E-state index contributed by atoms with van der Waals surface area (Å²) < 4.78 is 2.40. The van der Waals surface area contributed by atoms with Gasteiger partial charge in [-0.25, -0.2) is 4.98 Å². The zero-order chi connectivity index (χ0) is 15.4. The van der Waals surface area contributed by atoms with E-state index in [9.17, 15) is 4.79 Å². The molecule has 0 spiro atoms. The predicted octanol–water partition coefficient (Wildman–Crippen LogP) is 1.25. The van der Waals surface area contributed by atoms with Crippen LogP contribution >= 0.6 is 15.9 Å². The first-order valence-corrected chi connectivity index (χ1v) is 8.04. The zero-order valence-electron chi connectivity index (χ0n) is 12.1. The molecule has 1 amide bonds. The highest BCUT2D eigenvalue weighted by atomic mass is 79.9. The molecule has 0 radical (unpaired) electrons. The maximum absolute atomic E-state index is 12.1. The van der Waals surface area contributed by atoms with Crippen molar-refractivity contribution in [3.63, 3.8) is 0 Å². The molecule has 0 aromatic carbocycles. The van der Waals surface area contributed by atoms with E-state index in [1.54, 1.807) is 29.5 Å². The average molecular weight is 365 g/mol. The topological polar surface area (TPSA) is 75.9 Å². The molecule has 7 nitrogen and oxygen atoms in total. The molecule has 1 saturated heterocycles. The number of nitrogens with one attached hydrogen (secondary N) is 1. The molecule has 1 aliphatic heterocycles. The van der Waals surface area contributed by atoms with Gasteiger partial charge in [0.2, 0.25) is 0 Å². The van der Waals surface area contributed by atoms with Crippen LogP contribution in [0.5, 0.6) is 0 Å². The SMILES string of the molecule is O=C(NCCN1CCCC1)c1cnc(-n2cnnc2)c(Br)c1. The molecule has 1 aliphatic rings. The lowest BCUT2D eigenvalue weighted by atomic mass is 10.2. The predicted molar refractivity (Wildman–Crippen MR) is 84.9 cm³/mol. The van der Waals surface area contributed by atoms with Crippen LogP contribution in [0, 0.1) is 0 Å². The van der Waals surface area contributed by atoms with Crippen molar-refractivity contribution in [3.05, 3.63) is 35.0 Å². The third-order valence-electron chi connectivity index (χ3n) is 3.66. The second kappa shape index (κ2) is 6.97. The molecule has 22 heavy (non-hydrogen) atoms. The monoisotopic (exact) mass is 364 g/mol. The maximum Gasteiger partial charge on any atom is 0.252 e. The van der Waals surface area contributed by atoms with Crippen molar-refractivity contribution in [1.82, 2.24) is 30.0 Å². The second-order valence-corrected chi connectivity index (χ2v) is 6.06. The number of carbonyl (C=O) groups is 1. The Morgan fingerprint density at radius 3 is 2.68 bits per heavy atom. The van der Waals surface area contributed by atoms with Crippen LogP contribution in [-0.4, -0.2) is 56.7 Å². The highest BCUT2D eigenvalue weighted by Crippen LogP contribution is 2.19. The summed E-state index contributed by atoms with van der Waals surface area (Å²) in [4.78, 5) is 18.8. The molecule has 3 heterocycles. The Bertz CT molecular complexity index is 639. The summed E-state index contributed by atoms with van der Waals surface area (Å²) in [7, 11) is 0. The van der Waals surface area contributed by atoms with E-state index in [1.165, 1.54) is 12.8 Å². The number of carbonyl (C=O) groups excluding carboxylic acids is 1. The van der Waals surface area contributed by atoms with Gasteiger partial charge in [-0.3, -0.25) is 9.36 Å². The van der Waals surface area contributed by atoms with E-state index >= 15 is 0 Å². The number of likely N-dealkylation sites (tertiary alicyclic amines) is 1. The van der Waals surface area contributed by atoms with Gasteiger partial charge in [0.15, 0.2) is 5.82 Å². The molecule has 0 atom stereocenters. The summed E-state index contributed by atoms with van der Waals surface area (Å²) in [5, 5.41) is 10.4. The van der Waals surface area contributed by atoms with Crippen LogP contribution in [-0.2, 0) is 0 Å². The number of rotatable bonds is 5. The van der Waals surface area contributed by atoms with Gasteiger partial charge in [-0.15, -0.1) is 10.2 Å². The molecule has 1 N–H and O–H groups in total. The molecule has 2 aromatic rings. The van der Waals surface area contributed by atoms with Crippen LogP contribution < -0.4 is 5.32 Å². The van der Waals surface area contributed by atoms with E-state index in [4.69, 9.17) is 0 Å². The molecule has 2 aromatic heterocycles. The molecular formula is C14H17BrN6O. The van der Waals surface area contributed by atoms with Crippen molar-refractivity contribution in [2.45, 2.75) is 12.8 Å². The first-order chi connectivity index (χ1) is 10.7. The number of amides is 1. The molecular weight excluding hydrogens is 348 g/mol. The lowest BCUT2D eigenvalue weighted by Gasteiger charge is -2.14. The molecule has 0 bridgehead atoms. The van der Waals surface area contributed by atoms with E-state index < -0.39 is 0 Å². The van der Waals surface area contributed by atoms with Gasteiger partial charge in [-0.1, -0.05) is 0 Å². The van der Waals surface area contributed by atoms with E-state index in [1.807, 2.05) is 0 Å². The molecule has 0 unspecified atom stereocenters. The van der Waals surface area contributed by atoms with Crippen molar-refractivity contribution < 1.29 is 4.79 Å². The van der Waals surface area contributed by atoms with Crippen molar-refractivity contribution in [2.75, 3.05) is 26.2 Å². The first kappa shape index (κ1) is 15.1. The number of aromatic nitrogens is 4. The minimum absolute atomic E-state index is 0.109. The Morgan fingerprint density at radius 2 is 2.00 bits per heavy atom. The summed E-state index contributed by atoms with van der Waals surface area (Å²) in [6.07, 6.45) is 7.20. The van der Waals surface area contributed by atoms with Crippen molar-refractivity contribution in [2.24, 2.45) is 0 Å². The first-order valence-electron chi connectivity index (χ1n) is 7.25. The molecule has 3 rings (SSSR count). The van der Waals surface area contributed by atoms with Gasteiger partial charge in [-0.2, -0.15) is 0 Å². The van der Waals surface area contributed by atoms with Crippen molar-refractivity contribution >= 4 is 21.8 Å². The molecule has 1 fully saturated rings. The number of halogens is 1. The fourth-order valence-electron chi connectivity index (χ4n) is 2.49. The summed E-state index contributed by atoms with van der Waals surface area (Å²) in [5.74, 6) is 0.543. The van der Waals surface area contributed by atoms with Gasteiger partial charge < -0.3 is 10.2 Å². The highest BCUT2D eigenvalue weighted by Gasteiger charge is 2.13. The van der Waals surface area contributed by atoms with Crippen LogP contribution in [0.15, 0.2) is 29.4 Å². The van der Waals surface area contributed by atoms with E-state index in [0.29, 0.717) is 17.9 Å². The summed E-state index contributed by atoms with van der Waals surface area (Å²) in [5.41, 5.74) is 0.533. The third kappa shape index (κ3) is 3.50. The van der Waals surface area contributed by atoms with Gasteiger partial charge >= 0.3 is 0 Å². The largest absolute Gasteiger partial charge is 0.351 e. The lowest BCUT2D eigenvalue weighted by Crippen LogP contribution is -2.33. The lowest BCUT2D eigenvalue weighted by molar-refractivity contribution is 0.0949. The van der Waals surface area contributed by atoms with E-state index in [-0.39, 0.29) is 5.91 Å². The number of nitrogens with zero attached hydrogens (tertiary/aromatic N) is 5. The van der Waals surface area contributed by atoms with E-state index in [0.717, 1.165) is 24.1 Å². The van der Waals surface area contributed by atoms with Crippen LogP contribution in [0.4, 0.5) is 0 Å². The van der Waals surface area contributed by atoms with Crippen LogP contribution in [0.1, 0.15) is 23.2 Å². The van der Waals surface area contributed by atoms with Crippen LogP contribution in [0.2, 0.25) is 0 Å². The number of hydrogen-bond donors (Lipinski definition) is 1. The molecule has 0 aliphatic carbocycles. The number of pyridine rings is 1.